The largest absolute Gasteiger partial charge is 0.497 e. The van der Waals surface area contributed by atoms with Crippen LogP contribution >= 0.6 is 0 Å². The van der Waals surface area contributed by atoms with E-state index in [1.54, 1.807) is 36.4 Å². The second-order valence-corrected chi connectivity index (χ2v) is 9.16. The summed E-state index contributed by atoms with van der Waals surface area (Å²) < 4.78 is 32.7. The van der Waals surface area contributed by atoms with Crippen LogP contribution in [0, 0.1) is 0 Å². The fourth-order valence-electron chi connectivity index (χ4n) is 3.80. The molecule has 0 unspecified atom stereocenters. The van der Waals surface area contributed by atoms with Crippen molar-refractivity contribution in [1.29, 1.82) is 0 Å². The first-order valence-corrected chi connectivity index (χ1v) is 11.6. The summed E-state index contributed by atoms with van der Waals surface area (Å²) in [6.45, 7) is 0. The monoisotopic (exact) mass is 436 g/mol. The minimum atomic E-state index is -3.73. The Morgan fingerprint density at radius 1 is 0.968 bits per heavy atom. The molecule has 3 aromatic rings. The van der Waals surface area contributed by atoms with Crippen LogP contribution in [0.4, 0.5) is 5.69 Å². The SMILES string of the molecule is COc1ccc(S(=O)(=O)Nc2ccc(C(=O)N[C@H]3CCCc4ccccc43)cc2)cc1. The summed E-state index contributed by atoms with van der Waals surface area (Å²) >= 11 is 0. The molecule has 0 aromatic heterocycles. The molecule has 4 rings (SSSR count). The van der Waals surface area contributed by atoms with Gasteiger partial charge in [-0.25, -0.2) is 8.42 Å². The molecule has 0 fully saturated rings. The number of rotatable bonds is 6. The Morgan fingerprint density at radius 2 is 1.68 bits per heavy atom. The number of anilines is 1. The quantitative estimate of drug-likeness (QED) is 0.603. The maximum atomic E-state index is 12.7. The van der Waals surface area contributed by atoms with E-state index in [1.807, 2.05) is 12.1 Å². The average Bonchev–Trinajstić information content (AvgIpc) is 2.79. The van der Waals surface area contributed by atoms with Crippen LogP contribution in [-0.4, -0.2) is 21.4 Å². The lowest BCUT2D eigenvalue weighted by molar-refractivity contribution is 0.0933. The van der Waals surface area contributed by atoms with Gasteiger partial charge in [0.15, 0.2) is 0 Å². The molecule has 1 atom stereocenters. The van der Waals surface area contributed by atoms with Crippen LogP contribution in [0.25, 0.3) is 0 Å². The molecule has 1 amide bonds. The van der Waals surface area contributed by atoms with Crippen molar-refractivity contribution in [2.24, 2.45) is 0 Å². The molecule has 0 spiro atoms. The number of nitrogens with one attached hydrogen (secondary N) is 2. The second-order valence-electron chi connectivity index (χ2n) is 7.48. The number of carbonyl (C=O) groups excluding carboxylic acids is 1. The van der Waals surface area contributed by atoms with Crippen LogP contribution in [-0.2, 0) is 16.4 Å². The Hall–Kier alpha value is -3.32. The van der Waals surface area contributed by atoms with Crippen LogP contribution in [0.5, 0.6) is 5.75 Å². The van der Waals surface area contributed by atoms with Crippen molar-refractivity contribution >= 4 is 21.6 Å². The fourth-order valence-corrected chi connectivity index (χ4v) is 4.86. The number of fused-ring (bicyclic) bond motifs is 1. The second kappa shape index (κ2) is 8.81. The van der Waals surface area contributed by atoms with E-state index in [0.717, 1.165) is 19.3 Å². The summed E-state index contributed by atoms with van der Waals surface area (Å²) in [5.74, 6) is 0.404. The first-order chi connectivity index (χ1) is 15.0. The highest BCUT2D eigenvalue weighted by atomic mass is 32.2. The molecule has 0 saturated carbocycles. The average molecular weight is 437 g/mol. The van der Waals surface area contributed by atoms with E-state index >= 15 is 0 Å². The van der Waals surface area contributed by atoms with Crippen molar-refractivity contribution in [3.8, 4) is 5.75 Å². The molecule has 6 nitrogen and oxygen atoms in total. The summed E-state index contributed by atoms with van der Waals surface area (Å²) in [5.41, 5.74) is 3.32. The molecular formula is C24H24N2O4S. The van der Waals surface area contributed by atoms with Gasteiger partial charge in [-0.15, -0.1) is 0 Å². The molecule has 31 heavy (non-hydrogen) atoms. The molecule has 0 radical (unpaired) electrons. The van der Waals surface area contributed by atoms with Gasteiger partial charge in [-0.3, -0.25) is 9.52 Å². The number of aryl methyl sites for hydroxylation is 1. The molecule has 0 aliphatic heterocycles. The van der Waals surface area contributed by atoms with Crippen molar-refractivity contribution in [2.45, 2.75) is 30.2 Å². The molecule has 160 valence electrons. The predicted octanol–water partition coefficient (Wildman–Crippen LogP) is 4.30. The Balaban J connectivity index is 1.44. The van der Waals surface area contributed by atoms with E-state index in [-0.39, 0.29) is 16.8 Å². The first kappa shape index (κ1) is 20.9. The van der Waals surface area contributed by atoms with Crippen molar-refractivity contribution in [2.75, 3.05) is 11.8 Å². The van der Waals surface area contributed by atoms with Gasteiger partial charge in [0.25, 0.3) is 15.9 Å². The molecule has 7 heteroatoms. The van der Waals surface area contributed by atoms with Gasteiger partial charge in [0.2, 0.25) is 0 Å². The lowest BCUT2D eigenvalue weighted by atomic mass is 9.87. The highest BCUT2D eigenvalue weighted by Gasteiger charge is 2.22. The normalized spacial score (nSPS) is 15.6. The molecule has 1 aliphatic rings. The van der Waals surface area contributed by atoms with Gasteiger partial charge >= 0.3 is 0 Å². The number of benzene rings is 3. The van der Waals surface area contributed by atoms with Crippen molar-refractivity contribution in [1.82, 2.24) is 5.32 Å². The molecular weight excluding hydrogens is 412 g/mol. The third-order valence-electron chi connectivity index (χ3n) is 5.44. The van der Waals surface area contributed by atoms with Gasteiger partial charge in [0.05, 0.1) is 18.0 Å². The van der Waals surface area contributed by atoms with Crippen LogP contribution in [0.3, 0.4) is 0 Å². The summed E-state index contributed by atoms with van der Waals surface area (Å²) in [6, 6.07) is 20.7. The van der Waals surface area contributed by atoms with E-state index in [1.165, 1.54) is 30.4 Å². The standard InChI is InChI=1S/C24H24N2O4S/c1-30-20-13-15-21(16-14-20)31(28,29)26-19-11-9-18(10-12-19)24(27)25-23-8-4-6-17-5-2-3-7-22(17)23/h2-3,5,7,9-16,23,26H,4,6,8H2,1H3,(H,25,27)/t23-/m0/s1. The predicted molar refractivity (Wildman–Crippen MR) is 120 cm³/mol. The van der Waals surface area contributed by atoms with E-state index < -0.39 is 10.0 Å². The maximum Gasteiger partial charge on any atom is 0.261 e. The molecule has 0 saturated heterocycles. The minimum Gasteiger partial charge on any atom is -0.497 e. The van der Waals surface area contributed by atoms with Crippen LogP contribution in [0.15, 0.2) is 77.7 Å². The van der Waals surface area contributed by atoms with E-state index in [9.17, 15) is 13.2 Å². The first-order valence-electron chi connectivity index (χ1n) is 10.1. The van der Waals surface area contributed by atoms with Gasteiger partial charge in [-0.2, -0.15) is 0 Å². The maximum absolute atomic E-state index is 12.7. The van der Waals surface area contributed by atoms with Gasteiger partial charge in [0.1, 0.15) is 5.75 Å². The highest BCUT2D eigenvalue weighted by molar-refractivity contribution is 7.92. The number of hydrogen-bond acceptors (Lipinski definition) is 4. The lowest BCUT2D eigenvalue weighted by Crippen LogP contribution is -2.30. The molecule has 0 bridgehead atoms. The summed E-state index contributed by atoms with van der Waals surface area (Å²) in [6.07, 6.45) is 2.97. The number of carbonyl (C=O) groups is 1. The molecule has 3 aromatic carbocycles. The van der Waals surface area contributed by atoms with Crippen LogP contribution in [0.2, 0.25) is 0 Å². The van der Waals surface area contributed by atoms with Crippen LogP contribution in [0.1, 0.15) is 40.4 Å². The number of methoxy groups -OCH3 is 1. The summed E-state index contributed by atoms with van der Waals surface area (Å²) in [5, 5.41) is 3.11. The molecule has 1 aliphatic carbocycles. The highest BCUT2D eigenvalue weighted by Crippen LogP contribution is 2.29. The Kier molecular flexibility index (Phi) is 5.95. The number of amides is 1. The Morgan fingerprint density at radius 3 is 2.39 bits per heavy atom. The van der Waals surface area contributed by atoms with Gasteiger partial charge in [-0.1, -0.05) is 24.3 Å². The Labute approximate surface area is 182 Å². The minimum absolute atomic E-state index is 0.00861. The number of hydrogen-bond donors (Lipinski definition) is 2. The number of sulfonamides is 1. The lowest BCUT2D eigenvalue weighted by Gasteiger charge is -2.26. The summed E-state index contributed by atoms with van der Waals surface area (Å²) in [7, 11) is -2.21. The van der Waals surface area contributed by atoms with Gasteiger partial charge < -0.3 is 10.1 Å². The number of ether oxygens (including phenoxy) is 1. The van der Waals surface area contributed by atoms with Crippen LogP contribution < -0.4 is 14.8 Å². The smallest absolute Gasteiger partial charge is 0.261 e. The molecule has 2 N–H and O–H groups in total. The van der Waals surface area contributed by atoms with E-state index in [4.69, 9.17) is 4.74 Å². The fraction of sp³-hybridized carbons (Fsp3) is 0.208. The van der Waals surface area contributed by atoms with Gasteiger partial charge in [0, 0.05) is 11.3 Å². The van der Waals surface area contributed by atoms with E-state index in [0.29, 0.717) is 17.0 Å². The third kappa shape index (κ3) is 4.72. The topological polar surface area (TPSA) is 84.5 Å². The zero-order chi connectivity index (χ0) is 21.8. The van der Waals surface area contributed by atoms with E-state index in [2.05, 4.69) is 22.2 Å². The van der Waals surface area contributed by atoms with Gasteiger partial charge in [-0.05, 0) is 78.9 Å². The van der Waals surface area contributed by atoms with Crippen molar-refractivity contribution in [3.63, 3.8) is 0 Å². The van der Waals surface area contributed by atoms with Crippen molar-refractivity contribution < 1.29 is 17.9 Å². The zero-order valence-corrected chi connectivity index (χ0v) is 18.0. The third-order valence-corrected chi connectivity index (χ3v) is 6.84. The van der Waals surface area contributed by atoms with Crippen molar-refractivity contribution in [3.05, 3.63) is 89.5 Å². The zero-order valence-electron chi connectivity index (χ0n) is 17.2. The molecule has 0 heterocycles. The summed E-state index contributed by atoms with van der Waals surface area (Å²) in [4.78, 5) is 12.9. The Bertz CT molecular complexity index is 1170.